The Morgan fingerprint density at radius 2 is 1.88 bits per heavy atom. The molecule has 4 aromatic rings. The van der Waals surface area contributed by atoms with Crippen molar-refractivity contribution in [2.45, 2.75) is 12.8 Å². The average molecular weight is 443 g/mol. The smallest absolute Gasteiger partial charge is 0.257 e. The van der Waals surface area contributed by atoms with Crippen molar-refractivity contribution in [3.63, 3.8) is 0 Å². The minimum absolute atomic E-state index is 0.00112. The van der Waals surface area contributed by atoms with E-state index >= 15 is 0 Å². The van der Waals surface area contributed by atoms with E-state index in [1.165, 1.54) is 18.2 Å². The lowest BCUT2D eigenvalue weighted by Gasteiger charge is -2.10. The SMILES string of the molecule is Nc1ccc(O)cc1C(=O)Nc1cccc(Oc2ccc3nc(NC(=O)C4CC4)cn3c2)c1. The predicted molar refractivity (Wildman–Crippen MR) is 124 cm³/mol. The van der Waals surface area contributed by atoms with Gasteiger partial charge in [0.1, 0.15) is 22.9 Å². The number of carbonyl (C=O) groups excluding carboxylic acids is 2. The van der Waals surface area contributed by atoms with Crippen molar-refractivity contribution in [1.29, 1.82) is 0 Å². The van der Waals surface area contributed by atoms with Crippen LogP contribution in [0.4, 0.5) is 17.2 Å². The third-order valence-corrected chi connectivity index (χ3v) is 5.23. The molecule has 5 rings (SSSR count). The summed E-state index contributed by atoms with van der Waals surface area (Å²) >= 11 is 0. The van der Waals surface area contributed by atoms with Crippen LogP contribution in [0.5, 0.6) is 17.2 Å². The highest BCUT2D eigenvalue weighted by molar-refractivity contribution is 6.08. The van der Waals surface area contributed by atoms with Crippen molar-refractivity contribution in [2.24, 2.45) is 5.92 Å². The van der Waals surface area contributed by atoms with E-state index in [1.54, 1.807) is 53.2 Å². The first-order valence-electron chi connectivity index (χ1n) is 10.4. The number of aromatic hydroxyl groups is 1. The highest BCUT2D eigenvalue weighted by Crippen LogP contribution is 2.30. The maximum atomic E-state index is 12.5. The number of nitrogens with two attached hydrogens (primary N) is 1. The summed E-state index contributed by atoms with van der Waals surface area (Å²) in [7, 11) is 0. The number of hydrogen-bond donors (Lipinski definition) is 4. The monoisotopic (exact) mass is 443 g/mol. The molecule has 0 radical (unpaired) electrons. The van der Waals surface area contributed by atoms with E-state index in [4.69, 9.17) is 10.5 Å². The number of phenols is 1. The maximum absolute atomic E-state index is 12.5. The molecular weight excluding hydrogens is 422 g/mol. The molecule has 0 atom stereocenters. The third-order valence-electron chi connectivity index (χ3n) is 5.23. The number of nitrogens with one attached hydrogen (secondary N) is 2. The molecule has 0 spiro atoms. The van der Waals surface area contributed by atoms with Crippen LogP contribution < -0.4 is 21.1 Å². The van der Waals surface area contributed by atoms with Crippen molar-refractivity contribution in [3.8, 4) is 17.2 Å². The number of aromatic nitrogens is 2. The molecule has 2 aromatic carbocycles. The summed E-state index contributed by atoms with van der Waals surface area (Å²) in [6.07, 6.45) is 5.35. The second-order valence-corrected chi connectivity index (χ2v) is 7.88. The molecule has 9 nitrogen and oxygen atoms in total. The van der Waals surface area contributed by atoms with Crippen LogP contribution >= 0.6 is 0 Å². The number of amides is 2. The van der Waals surface area contributed by atoms with Crippen LogP contribution in [0, 0.1) is 5.92 Å². The molecule has 2 amide bonds. The summed E-state index contributed by atoms with van der Waals surface area (Å²) in [5.74, 6) is 1.18. The minimum Gasteiger partial charge on any atom is -0.508 e. The molecule has 0 unspecified atom stereocenters. The van der Waals surface area contributed by atoms with Crippen molar-refractivity contribution < 1.29 is 19.4 Å². The summed E-state index contributed by atoms with van der Waals surface area (Å²) in [4.78, 5) is 28.9. The van der Waals surface area contributed by atoms with Gasteiger partial charge in [-0.3, -0.25) is 9.59 Å². The van der Waals surface area contributed by atoms with Crippen LogP contribution in [0.1, 0.15) is 23.2 Å². The molecule has 0 bridgehead atoms. The van der Waals surface area contributed by atoms with Crippen molar-refractivity contribution in [3.05, 3.63) is 72.6 Å². The molecular formula is C24H21N5O4. The van der Waals surface area contributed by atoms with Crippen LogP contribution in [0.2, 0.25) is 0 Å². The number of phenolic OH excluding ortho intramolecular Hbond substituents is 1. The summed E-state index contributed by atoms with van der Waals surface area (Å²) in [5.41, 5.74) is 7.47. The summed E-state index contributed by atoms with van der Waals surface area (Å²) in [6.45, 7) is 0. The van der Waals surface area contributed by atoms with Gasteiger partial charge in [0.2, 0.25) is 5.91 Å². The van der Waals surface area contributed by atoms with E-state index in [1.807, 2.05) is 0 Å². The molecule has 0 aliphatic heterocycles. The topological polar surface area (TPSA) is 131 Å². The Kier molecular flexibility index (Phi) is 5.06. The first-order valence-corrected chi connectivity index (χ1v) is 10.4. The zero-order valence-corrected chi connectivity index (χ0v) is 17.5. The van der Waals surface area contributed by atoms with Crippen molar-refractivity contribution in [1.82, 2.24) is 9.38 Å². The minimum atomic E-state index is -0.443. The lowest BCUT2D eigenvalue weighted by molar-refractivity contribution is -0.117. The van der Waals surface area contributed by atoms with Gasteiger partial charge in [-0.2, -0.15) is 0 Å². The highest BCUT2D eigenvalue weighted by atomic mass is 16.5. The highest BCUT2D eigenvalue weighted by Gasteiger charge is 2.30. The average Bonchev–Trinajstić information content (AvgIpc) is 3.56. The van der Waals surface area contributed by atoms with Gasteiger partial charge in [0, 0.05) is 23.4 Å². The number of anilines is 3. The summed E-state index contributed by atoms with van der Waals surface area (Å²) in [5, 5.41) is 15.2. The Morgan fingerprint density at radius 1 is 1.03 bits per heavy atom. The Hall–Kier alpha value is -4.53. The molecule has 2 aromatic heterocycles. The van der Waals surface area contributed by atoms with Crippen LogP contribution in [0.3, 0.4) is 0 Å². The fourth-order valence-electron chi connectivity index (χ4n) is 3.38. The van der Waals surface area contributed by atoms with E-state index in [2.05, 4.69) is 15.6 Å². The van der Waals surface area contributed by atoms with Gasteiger partial charge in [0.05, 0.1) is 18.0 Å². The van der Waals surface area contributed by atoms with E-state index in [9.17, 15) is 14.7 Å². The molecule has 0 saturated heterocycles. The molecule has 5 N–H and O–H groups in total. The number of ether oxygens (including phenoxy) is 1. The van der Waals surface area contributed by atoms with Gasteiger partial charge in [-0.1, -0.05) is 6.07 Å². The number of rotatable bonds is 6. The number of nitrogens with zero attached hydrogens (tertiary/aromatic N) is 2. The molecule has 2 heterocycles. The van der Waals surface area contributed by atoms with Crippen LogP contribution in [0.15, 0.2) is 67.0 Å². The van der Waals surface area contributed by atoms with Crippen LogP contribution in [-0.4, -0.2) is 26.3 Å². The third kappa shape index (κ3) is 4.57. The van der Waals surface area contributed by atoms with Gasteiger partial charge in [-0.05, 0) is 55.3 Å². The Morgan fingerprint density at radius 3 is 2.70 bits per heavy atom. The van der Waals surface area contributed by atoms with Crippen LogP contribution in [0.25, 0.3) is 5.65 Å². The molecule has 9 heteroatoms. The van der Waals surface area contributed by atoms with Gasteiger partial charge in [-0.25, -0.2) is 4.98 Å². The predicted octanol–water partition coefficient (Wildman–Crippen LogP) is 4.02. The quantitative estimate of drug-likeness (QED) is 0.263. The number of imidazole rings is 1. The molecule has 1 fully saturated rings. The molecule has 166 valence electrons. The number of hydrogen-bond acceptors (Lipinski definition) is 6. The molecule has 33 heavy (non-hydrogen) atoms. The van der Waals surface area contributed by atoms with E-state index in [-0.39, 0.29) is 28.8 Å². The first-order chi connectivity index (χ1) is 15.9. The number of pyridine rings is 1. The van der Waals surface area contributed by atoms with Gasteiger partial charge < -0.3 is 30.6 Å². The second kappa shape index (κ2) is 8.19. The number of carbonyl (C=O) groups is 2. The largest absolute Gasteiger partial charge is 0.508 e. The van der Waals surface area contributed by atoms with E-state index in [0.29, 0.717) is 28.7 Å². The maximum Gasteiger partial charge on any atom is 0.257 e. The zero-order valence-electron chi connectivity index (χ0n) is 17.5. The standard InChI is InChI=1S/C24H21N5O4/c25-20-8-6-16(30)11-19(20)24(32)26-15-2-1-3-17(10-15)33-18-7-9-22-27-21(13-29(22)12-18)28-23(31)14-4-5-14/h1-3,6-14,30H,4-5,25H2,(H,26,32)(H,28,31). The summed E-state index contributed by atoms with van der Waals surface area (Å²) < 4.78 is 7.72. The Balaban J connectivity index is 1.30. The number of nitrogen functional groups attached to an aromatic ring is 1. The fraction of sp³-hybridized carbons (Fsp3) is 0.125. The second-order valence-electron chi connectivity index (χ2n) is 7.88. The van der Waals surface area contributed by atoms with Gasteiger partial charge >= 0.3 is 0 Å². The molecule has 1 saturated carbocycles. The van der Waals surface area contributed by atoms with Crippen molar-refractivity contribution >= 4 is 34.7 Å². The lowest BCUT2D eigenvalue weighted by Crippen LogP contribution is -2.13. The summed E-state index contributed by atoms with van der Waals surface area (Å²) in [6, 6.07) is 14.7. The number of fused-ring (bicyclic) bond motifs is 1. The zero-order chi connectivity index (χ0) is 22.9. The van der Waals surface area contributed by atoms with Gasteiger partial charge in [-0.15, -0.1) is 0 Å². The van der Waals surface area contributed by atoms with Gasteiger partial charge in [0.15, 0.2) is 5.82 Å². The first kappa shape index (κ1) is 20.4. The lowest BCUT2D eigenvalue weighted by atomic mass is 10.1. The van der Waals surface area contributed by atoms with E-state index < -0.39 is 5.91 Å². The normalized spacial score (nSPS) is 13.0. The molecule has 1 aliphatic carbocycles. The number of benzene rings is 2. The van der Waals surface area contributed by atoms with Gasteiger partial charge in [0.25, 0.3) is 5.91 Å². The van der Waals surface area contributed by atoms with Crippen LogP contribution in [-0.2, 0) is 4.79 Å². The Bertz CT molecular complexity index is 1380. The Labute approximate surface area is 188 Å². The van der Waals surface area contributed by atoms with Crippen molar-refractivity contribution in [2.75, 3.05) is 16.4 Å². The fourth-order valence-corrected chi connectivity index (χ4v) is 3.38. The van der Waals surface area contributed by atoms with E-state index in [0.717, 1.165) is 12.8 Å². The molecule has 1 aliphatic rings.